The van der Waals surface area contributed by atoms with Crippen LogP contribution in [0.5, 0.6) is 0 Å². The maximum Gasteiger partial charge on any atom is 0.258 e. The molecule has 4 rings (SSSR count). The van der Waals surface area contributed by atoms with Crippen LogP contribution in [0.15, 0.2) is 60.9 Å². The first-order valence-corrected chi connectivity index (χ1v) is 8.29. The molecule has 0 spiro atoms. The highest BCUT2D eigenvalue weighted by Crippen LogP contribution is 2.32. The molecule has 2 amide bonds. The van der Waals surface area contributed by atoms with Crippen molar-refractivity contribution < 1.29 is 9.59 Å². The van der Waals surface area contributed by atoms with Crippen molar-refractivity contribution in [1.29, 1.82) is 0 Å². The number of hydrogen-bond acceptors (Lipinski definition) is 4. The summed E-state index contributed by atoms with van der Waals surface area (Å²) in [6.45, 7) is 0.340. The number of fused-ring (bicyclic) bond motifs is 1. The van der Waals surface area contributed by atoms with Crippen LogP contribution in [0.4, 0.5) is 11.4 Å². The maximum atomic E-state index is 13.2. The Balaban J connectivity index is 1.73. The number of benzene rings is 2. The zero-order valence-electron chi connectivity index (χ0n) is 14.2. The Morgan fingerprint density at radius 2 is 1.88 bits per heavy atom. The normalized spacial score (nSPS) is 14.1. The molecule has 2 aromatic carbocycles. The molecule has 0 unspecified atom stereocenters. The molecular weight excluding hydrogens is 330 g/mol. The van der Waals surface area contributed by atoms with Gasteiger partial charge < -0.3 is 9.80 Å². The van der Waals surface area contributed by atoms with Gasteiger partial charge >= 0.3 is 0 Å². The van der Waals surface area contributed by atoms with Gasteiger partial charge in [0.25, 0.3) is 5.91 Å². The lowest BCUT2D eigenvalue weighted by atomic mass is 10.1. The van der Waals surface area contributed by atoms with Gasteiger partial charge in [-0.2, -0.15) is 0 Å². The Morgan fingerprint density at radius 1 is 1.08 bits per heavy atom. The van der Waals surface area contributed by atoms with Crippen molar-refractivity contribution >= 4 is 23.2 Å². The van der Waals surface area contributed by atoms with E-state index < -0.39 is 0 Å². The number of anilines is 2. The highest BCUT2D eigenvalue weighted by Gasteiger charge is 2.27. The molecule has 0 radical (unpaired) electrons. The molecule has 3 aromatic rings. The van der Waals surface area contributed by atoms with Crippen molar-refractivity contribution in [3.05, 3.63) is 66.5 Å². The lowest BCUT2D eigenvalue weighted by molar-refractivity contribution is -0.118. The van der Waals surface area contributed by atoms with Crippen LogP contribution in [0.25, 0.3) is 5.69 Å². The summed E-state index contributed by atoms with van der Waals surface area (Å²) in [7, 11) is 1.74. The summed E-state index contributed by atoms with van der Waals surface area (Å²) in [6, 6.07) is 14.7. The summed E-state index contributed by atoms with van der Waals surface area (Å²) < 4.78 is 1.60. The number of hydrogen-bond donors (Lipinski definition) is 0. The Labute approximate surface area is 150 Å². The van der Waals surface area contributed by atoms with E-state index >= 15 is 0 Å². The van der Waals surface area contributed by atoms with Crippen molar-refractivity contribution in [2.75, 3.05) is 23.4 Å². The molecule has 7 nitrogen and oxygen atoms in total. The maximum absolute atomic E-state index is 13.2. The number of aromatic nitrogens is 3. The third kappa shape index (κ3) is 2.73. The number of para-hydroxylation sites is 2. The van der Waals surface area contributed by atoms with Crippen LogP contribution in [-0.4, -0.2) is 40.4 Å². The van der Waals surface area contributed by atoms with Crippen LogP contribution >= 0.6 is 0 Å². The third-order valence-electron chi connectivity index (χ3n) is 4.48. The fourth-order valence-corrected chi connectivity index (χ4v) is 3.10. The largest absolute Gasteiger partial charge is 0.313 e. The number of rotatable bonds is 2. The molecule has 1 aliphatic heterocycles. The monoisotopic (exact) mass is 347 g/mol. The summed E-state index contributed by atoms with van der Waals surface area (Å²) in [4.78, 5) is 28.7. The van der Waals surface area contributed by atoms with E-state index in [1.165, 1.54) is 0 Å². The number of carbonyl (C=O) groups excluding carboxylic acids is 2. The van der Waals surface area contributed by atoms with E-state index in [4.69, 9.17) is 0 Å². The summed E-state index contributed by atoms with van der Waals surface area (Å²) >= 11 is 0. The minimum absolute atomic E-state index is 0.0101. The molecule has 0 bridgehead atoms. The second kappa shape index (κ2) is 6.44. The molecule has 0 saturated heterocycles. The van der Waals surface area contributed by atoms with Crippen molar-refractivity contribution in [3.8, 4) is 5.69 Å². The van der Waals surface area contributed by atoms with Crippen LogP contribution in [0.3, 0.4) is 0 Å². The van der Waals surface area contributed by atoms with Crippen LogP contribution in [0, 0.1) is 0 Å². The Bertz CT molecular complexity index is 968. The Kier molecular flexibility index (Phi) is 3.96. The van der Waals surface area contributed by atoms with E-state index in [-0.39, 0.29) is 18.2 Å². The van der Waals surface area contributed by atoms with E-state index in [0.29, 0.717) is 12.1 Å². The van der Waals surface area contributed by atoms with Gasteiger partial charge in [0.15, 0.2) is 0 Å². The van der Waals surface area contributed by atoms with Gasteiger partial charge in [-0.25, -0.2) is 4.68 Å². The van der Waals surface area contributed by atoms with Gasteiger partial charge in [0.05, 0.1) is 29.5 Å². The molecule has 1 aromatic heterocycles. The molecule has 0 saturated carbocycles. The molecular formula is C19H17N5O2. The summed E-state index contributed by atoms with van der Waals surface area (Å²) in [5, 5.41) is 7.76. The number of nitrogens with zero attached hydrogens (tertiary/aromatic N) is 5. The predicted octanol–water partition coefficient (Wildman–Crippen LogP) is 2.28. The lowest BCUT2D eigenvalue weighted by Gasteiger charge is -2.23. The van der Waals surface area contributed by atoms with Gasteiger partial charge in [-0.3, -0.25) is 9.59 Å². The second-order valence-corrected chi connectivity index (χ2v) is 6.05. The molecule has 0 aliphatic carbocycles. The van der Waals surface area contributed by atoms with E-state index in [0.717, 1.165) is 17.1 Å². The number of amides is 2. The van der Waals surface area contributed by atoms with E-state index in [2.05, 4.69) is 10.3 Å². The standard InChI is InChI=1S/C19H17N5O2/c1-22-16-7-2-3-8-17(16)23(11-9-18(22)25)19(26)14-5-4-6-15(13-14)24-12-10-20-21-24/h2-8,10,12-13H,9,11H2,1H3. The van der Waals surface area contributed by atoms with Gasteiger partial charge in [-0.15, -0.1) is 5.10 Å². The average Bonchev–Trinajstić information content (AvgIpc) is 3.19. The van der Waals surface area contributed by atoms with Gasteiger partial charge in [0.1, 0.15) is 0 Å². The van der Waals surface area contributed by atoms with Crippen molar-refractivity contribution in [3.63, 3.8) is 0 Å². The Morgan fingerprint density at radius 3 is 2.65 bits per heavy atom. The lowest BCUT2D eigenvalue weighted by Crippen LogP contribution is -2.32. The molecule has 0 N–H and O–H groups in total. The van der Waals surface area contributed by atoms with Gasteiger partial charge in [-0.05, 0) is 30.3 Å². The quantitative estimate of drug-likeness (QED) is 0.713. The highest BCUT2D eigenvalue weighted by molar-refractivity contribution is 6.11. The molecule has 130 valence electrons. The molecule has 26 heavy (non-hydrogen) atoms. The molecule has 0 atom stereocenters. The smallest absolute Gasteiger partial charge is 0.258 e. The van der Waals surface area contributed by atoms with Crippen LogP contribution < -0.4 is 9.80 Å². The van der Waals surface area contributed by atoms with Crippen molar-refractivity contribution in [2.24, 2.45) is 0 Å². The third-order valence-corrected chi connectivity index (χ3v) is 4.48. The summed E-state index contributed by atoms with van der Waals surface area (Å²) in [5.41, 5.74) is 2.75. The summed E-state index contributed by atoms with van der Waals surface area (Å²) in [6.07, 6.45) is 3.58. The molecule has 2 heterocycles. The summed E-state index contributed by atoms with van der Waals surface area (Å²) in [5.74, 6) is -0.161. The highest BCUT2D eigenvalue weighted by atomic mass is 16.2. The van der Waals surface area contributed by atoms with Gasteiger partial charge in [0.2, 0.25) is 5.91 Å². The molecule has 7 heteroatoms. The first kappa shape index (κ1) is 16.0. The van der Waals surface area contributed by atoms with Crippen LogP contribution in [-0.2, 0) is 4.79 Å². The van der Waals surface area contributed by atoms with Crippen molar-refractivity contribution in [2.45, 2.75) is 6.42 Å². The minimum Gasteiger partial charge on any atom is -0.313 e. The van der Waals surface area contributed by atoms with E-state index in [1.54, 1.807) is 46.1 Å². The second-order valence-electron chi connectivity index (χ2n) is 6.05. The van der Waals surface area contributed by atoms with E-state index in [1.807, 2.05) is 36.4 Å². The first-order valence-electron chi connectivity index (χ1n) is 8.29. The average molecular weight is 347 g/mol. The SMILES string of the molecule is CN1C(=O)CCN(C(=O)c2cccc(-n3ccnn3)c2)c2ccccc21. The number of carbonyl (C=O) groups is 2. The zero-order chi connectivity index (χ0) is 18.1. The van der Waals surface area contributed by atoms with Crippen molar-refractivity contribution in [1.82, 2.24) is 15.0 Å². The van der Waals surface area contributed by atoms with Gasteiger partial charge in [-0.1, -0.05) is 23.4 Å². The van der Waals surface area contributed by atoms with Crippen LogP contribution in [0.1, 0.15) is 16.8 Å². The fourth-order valence-electron chi connectivity index (χ4n) is 3.10. The zero-order valence-corrected chi connectivity index (χ0v) is 14.2. The topological polar surface area (TPSA) is 71.3 Å². The minimum atomic E-state index is -0.150. The van der Waals surface area contributed by atoms with E-state index in [9.17, 15) is 9.59 Å². The van der Waals surface area contributed by atoms with Gasteiger partial charge in [0, 0.05) is 25.6 Å². The Hall–Kier alpha value is -3.48. The fraction of sp³-hybridized carbons (Fsp3) is 0.158. The first-order chi connectivity index (χ1) is 12.6. The molecule has 0 fully saturated rings. The predicted molar refractivity (Wildman–Crippen MR) is 97.5 cm³/mol. The van der Waals surface area contributed by atoms with Crippen LogP contribution in [0.2, 0.25) is 0 Å². The molecule has 1 aliphatic rings.